The topological polar surface area (TPSA) is 86.6 Å². The third kappa shape index (κ3) is 1.65. The molecule has 0 radical (unpaired) electrons. The van der Waals surface area contributed by atoms with Gasteiger partial charge in [-0.05, 0) is 19.3 Å². The lowest BCUT2D eigenvalue weighted by Gasteiger charge is -2.31. The van der Waals surface area contributed by atoms with Gasteiger partial charge in [-0.15, -0.1) is 0 Å². The first-order valence-electron chi connectivity index (χ1n) is 4.26. The van der Waals surface area contributed by atoms with Crippen LogP contribution in [0.3, 0.4) is 0 Å². The van der Waals surface area contributed by atoms with Gasteiger partial charge in [0.1, 0.15) is 5.41 Å². The second-order valence-electron chi connectivity index (χ2n) is 3.22. The van der Waals surface area contributed by atoms with Crippen LogP contribution in [0, 0.1) is 5.41 Å². The van der Waals surface area contributed by atoms with Crippen LogP contribution in [0.15, 0.2) is 0 Å². The highest BCUT2D eigenvalue weighted by molar-refractivity contribution is 6.02. The van der Waals surface area contributed by atoms with E-state index in [4.69, 9.17) is 10.2 Å². The van der Waals surface area contributed by atoms with E-state index in [9.17, 15) is 9.59 Å². The summed E-state index contributed by atoms with van der Waals surface area (Å²) in [5.41, 5.74) is -1.40. The normalized spacial score (nSPS) is 28.2. The minimum Gasteiger partial charge on any atom is -0.480 e. The number of hydrogen-bond acceptors (Lipinski definition) is 3. The second-order valence-corrected chi connectivity index (χ2v) is 3.22. The lowest BCUT2D eigenvalue weighted by Crippen LogP contribution is -2.51. The zero-order valence-corrected chi connectivity index (χ0v) is 7.25. The van der Waals surface area contributed by atoms with E-state index in [2.05, 4.69) is 5.32 Å². The van der Waals surface area contributed by atoms with Crippen molar-refractivity contribution in [2.75, 3.05) is 13.2 Å². The highest BCUT2D eigenvalue weighted by Crippen LogP contribution is 2.31. The molecule has 0 saturated carbocycles. The minimum absolute atomic E-state index is 0.00579. The number of amides is 1. The van der Waals surface area contributed by atoms with E-state index in [0.29, 0.717) is 19.4 Å². The van der Waals surface area contributed by atoms with Crippen molar-refractivity contribution in [1.82, 2.24) is 5.32 Å². The fourth-order valence-corrected chi connectivity index (χ4v) is 1.62. The van der Waals surface area contributed by atoms with Gasteiger partial charge in [0.25, 0.3) is 0 Å². The molecule has 0 bridgehead atoms. The van der Waals surface area contributed by atoms with Gasteiger partial charge in [-0.2, -0.15) is 0 Å². The first-order valence-corrected chi connectivity index (χ1v) is 4.26. The minimum atomic E-state index is -1.40. The monoisotopic (exact) mass is 187 g/mol. The quantitative estimate of drug-likeness (QED) is 0.512. The number of piperidine rings is 1. The molecule has 0 aromatic carbocycles. The van der Waals surface area contributed by atoms with Gasteiger partial charge in [-0.25, -0.2) is 0 Å². The number of nitrogens with one attached hydrogen (secondary N) is 1. The number of carbonyl (C=O) groups is 2. The third-order valence-electron chi connectivity index (χ3n) is 2.45. The number of aliphatic hydroxyl groups is 1. The Balaban J connectivity index is 2.86. The van der Waals surface area contributed by atoms with E-state index in [0.717, 1.165) is 0 Å². The summed E-state index contributed by atoms with van der Waals surface area (Å²) >= 11 is 0. The van der Waals surface area contributed by atoms with Crippen molar-refractivity contribution in [1.29, 1.82) is 0 Å². The van der Waals surface area contributed by atoms with Crippen LogP contribution in [0.2, 0.25) is 0 Å². The van der Waals surface area contributed by atoms with Crippen molar-refractivity contribution in [2.24, 2.45) is 5.41 Å². The van der Waals surface area contributed by atoms with Crippen LogP contribution < -0.4 is 5.32 Å². The molecule has 5 heteroatoms. The van der Waals surface area contributed by atoms with Gasteiger partial charge < -0.3 is 15.5 Å². The van der Waals surface area contributed by atoms with Gasteiger partial charge in [-0.3, -0.25) is 9.59 Å². The lowest BCUT2D eigenvalue weighted by atomic mass is 9.77. The smallest absolute Gasteiger partial charge is 0.319 e. The highest BCUT2D eigenvalue weighted by Gasteiger charge is 2.46. The molecule has 1 amide bonds. The van der Waals surface area contributed by atoms with E-state index in [-0.39, 0.29) is 13.0 Å². The van der Waals surface area contributed by atoms with Gasteiger partial charge in [0, 0.05) is 13.2 Å². The zero-order chi connectivity index (χ0) is 9.90. The molecule has 1 saturated heterocycles. The molecule has 0 spiro atoms. The Bertz CT molecular complexity index is 224. The number of rotatable bonds is 3. The van der Waals surface area contributed by atoms with E-state index in [1.54, 1.807) is 0 Å². The molecule has 0 unspecified atom stereocenters. The SMILES string of the molecule is O=C(O)[C@@]1(CCO)CCCNC1=O. The van der Waals surface area contributed by atoms with Crippen LogP contribution in [0.25, 0.3) is 0 Å². The molecule has 3 N–H and O–H groups in total. The van der Waals surface area contributed by atoms with Crippen molar-refractivity contribution >= 4 is 11.9 Å². The van der Waals surface area contributed by atoms with Crippen molar-refractivity contribution < 1.29 is 19.8 Å². The van der Waals surface area contributed by atoms with Crippen molar-refractivity contribution in [3.8, 4) is 0 Å². The van der Waals surface area contributed by atoms with Crippen LogP contribution in [-0.4, -0.2) is 35.2 Å². The van der Waals surface area contributed by atoms with Gasteiger partial charge in [0.15, 0.2) is 0 Å². The molecule has 1 rings (SSSR count). The molecule has 0 aromatic rings. The first kappa shape index (κ1) is 9.98. The summed E-state index contributed by atoms with van der Waals surface area (Å²) in [7, 11) is 0. The Morgan fingerprint density at radius 3 is 2.77 bits per heavy atom. The zero-order valence-electron chi connectivity index (χ0n) is 7.25. The Labute approximate surface area is 75.7 Å². The molecule has 0 aliphatic carbocycles. The van der Waals surface area contributed by atoms with Crippen LogP contribution >= 0.6 is 0 Å². The Morgan fingerprint density at radius 2 is 2.31 bits per heavy atom. The average Bonchev–Trinajstić information content (AvgIpc) is 2.09. The maximum atomic E-state index is 11.3. The molecule has 1 aliphatic heterocycles. The maximum Gasteiger partial charge on any atom is 0.319 e. The largest absolute Gasteiger partial charge is 0.480 e. The Morgan fingerprint density at radius 1 is 1.62 bits per heavy atom. The summed E-state index contributed by atoms with van der Waals surface area (Å²) in [5.74, 6) is -1.61. The van der Waals surface area contributed by atoms with Gasteiger partial charge in [-0.1, -0.05) is 0 Å². The van der Waals surface area contributed by atoms with Crippen molar-refractivity contribution in [3.05, 3.63) is 0 Å². The first-order chi connectivity index (χ1) is 6.13. The third-order valence-corrected chi connectivity index (χ3v) is 2.45. The molecule has 1 fully saturated rings. The van der Waals surface area contributed by atoms with Crippen LogP contribution in [0.4, 0.5) is 0 Å². The van der Waals surface area contributed by atoms with Crippen LogP contribution in [0.1, 0.15) is 19.3 Å². The standard InChI is InChI=1S/C8H13NO4/c10-5-3-8(7(12)13)2-1-4-9-6(8)11/h10H,1-5H2,(H,9,11)(H,12,13)/t8-/m1/s1. The van der Waals surface area contributed by atoms with E-state index in [1.807, 2.05) is 0 Å². The van der Waals surface area contributed by atoms with Crippen LogP contribution in [-0.2, 0) is 9.59 Å². The Kier molecular flexibility index (Phi) is 2.87. The second kappa shape index (κ2) is 3.74. The van der Waals surface area contributed by atoms with Gasteiger partial charge in [0.2, 0.25) is 5.91 Å². The summed E-state index contributed by atoms with van der Waals surface area (Å²) < 4.78 is 0. The fraction of sp³-hybridized carbons (Fsp3) is 0.750. The maximum absolute atomic E-state index is 11.3. The number of carboxylic acid groups (broad SMARTS) is 1. The summed E-state index contributed by atoms with van der Waals surface area (Å²) in [6.45, 7) is 0.249. The fourth-order valence-electron chi connectivity index (χ4n) is 1.62. The molecule has 0 aromatic heterocycles. The molecular weight excluding hydrogens is 174 g/mol. The number of aliphatic hydroxyl groups excluding tert-OH is 1. The average molecular weight is 187 g/mol. The summed E-state index contributed by atoms with van der Waals surface area (Å²) in [5, 5.41) is 20.1. The summed E-state index contributed by atoms with van der Waals surface area (Å²) in [4.78, 5) is 22.2. The molecule has 74 valence electrons. The molecule has 13 heavy (non-hydrogen) atoms. The summed E-state index contributed by atoms with van der Waals surface area (Å²) in [6.07, 6.45) is 0.959. The van der Waals surface area contributed by atoms with E-state index in [1.165, 1.54) is 0 Å². The van der Waals surface area contributed by atoms with Crippen molar-refractivity contribution in [2.45, 2.75) is 19.3 Å². The van der Waals surface area contributed by atoms with Crippen LogP contribution in [0.5, 0.6) is 0 Å². The highest BCUT2D eigenvalue weighted by atomic mass is 16.4. The van der Waals surface area contributed by atoms with Gasteiger partial charge >= 0.3 is 5.97 Å². The Hall–Kier alpha value is -1.10. The summed E-state index contributed by atoms with van der Waals surface area (Å²) in [6, 6.07) is 0. The van der Waals surface area contributed by atoms with Gasteiger partial charge in [0.05, 0.1) is 0 Å². The molecule has 5 nitrogen and oxygen atoms in total. The predicted molar refractivity (Wildman–Crippen MR) is 44.0 cm³/mol. The molecule has 1 atom stereocenters. The predicted octanol–water partition coefficient (Wildman–Crippen LogP) is -0.650. The number of hydrogen-bond donors (Lipinski definition) is 3. The number of aliphatic carboxylic acids is 1. The molecule has 1 aliphatic rings. The molecule has 1 heterocycles. The van der Waals surface area contributed by atoms with E-state index < -0.39 is 17.3 Å². The van der Waals surface area contributed by atoms with E-state index >= 15 is 0 Å². The number of carboxylic acids is 1. The van der Waals surface area contributed by atoms with Crippen molar-refractivity contribution in [3.63, 3.8) is 0 Å². The number of carbonyl (C=O) groups excluding carboxylic acids is 1. The molecular formula is C8H13NO4. The lowest BCUT2D eigenvalue weighted by molar-refractivity contribution is -0.159.